The van der Waals surface area contributed by atoms with Crippen LogP contribution < -0.4 is 5.73 Å². The van der Waals surface area contributed by atoms with Gasteiger partial charge in [-0.3, -0.25) is 0 Å². The van der Waals surface area contributed by atoms with Gasteiger partial charge in [0.2, 0.25) is 0 Å². The van der Waals surface area contributed by atoms with Crippen LogP contribution in [0.3, 0.4) is 0 Å². The molecule has 2 rings (SSSR count). The molecular weight excluding hydrogens is 210 g/mol. The van der Waals surface area contributed by atoms with Crippen LogP contribution in [0.5, 0.6) is 5.75 Å². The Morgan fingerprint density at radius 3 is 2.47 bits per heavy atom. The van der Waals surface area contributed by atoms with Crippen LogP contribution in [0.15, 0.2) is 48.5 Å². The number of hydrogen-bond acceptors (Lipinski definition) is 2. The lowest BCUT2D eigenvalue weighted by Crippen LogP contribution is -1.98. The normalized spacial score (nSPS) is 12.3. The highest BCUT2D eigenvalue weighted by atomic mass is 16.3. The number of hydrogen-bond donors (Lipinski definition) is 2. The molecule has 0 aromatic heterocycles. The third-order valence-corrected chi connectivity index (χ3v) is 2.96. The molecule has 2 aromatic rings. The predicted molar refractivity (Wildman–Crippen MR) is 71.1 cm³/mol. The van der Waals surface area contributed by atoms with Crippen molar-refractivity contribution in [2.75, 3.05) is 5.73 Å². The molecule has 1 unspecified atom stereocenters. The molecule has 0 fully saturated rings. The van der Waals surface area contributed by atoms with Crippen molar-refractivity contribution in [3.8, 4) is 5.75 Å². The highest BCUT2D eigenvalue weighted by Gasteiger charge is 2.06. The van der Waals surface area contributed by atoms with Crippen LogP contribution in [0, 0.1) is 0 Å². The van der Waals surface area contributed by atoms with Crippen LogP contribution in [-0.2, 0) is 6.42 Å². The minimum Gasteiger partial charge on any atom is -0.508 e. The Morgan fingerprint density at radius 1 is 1.12 bits per heavy atom. The summed E-state index contributed by atoms with van der Waals surface area (Å²) in [5.74, 6) is 0.724. The van der Waals surface area contributed by atoms with E-state index in [-0.39, 0.29) is 0 Å². The third kappa shape index (κ3) is 3.00. The first-order valence-electron chi connectivity index (χ1n) is 5.78. The van der Waals surface area contributed by atoms with E-state index in [0.717, 1.165) is 12.1 Å². The molecule has 2 heteroatoms. The number of anilines is 1. The average Bonchev–Trinajstić information content (AvgIpc) is 2.29. The lowest BCUT2D eigenvalue weighted by molar-refractivity contribution is 0.475. The summed E-state index contributed by atoms with van der Waals surface area (Å²) in [6.45, 7) is 2.18. The van der Waals surface area contributed by atoms with Gasteiger partial charge in [0.25, 0.3) is 0 Å². The fourth-order valence-electron chi connectivity index (χ4n) is 1.99. The summed E-state index contributed by atoms with van der Waals surface area (Å²) < 4.78 is 0. The van der Waals surface area contributed by atoms with Crippen molar-refractivity contribution in [2.24, 2.45) is 0 Å². The molecule has 2 nitrogen and oxygen atoms in total. The highest BCUT2D eigenvalue weighted by molar-refractivity contribution is 5.41. The monoisotopic (exact) mass is 227 g/mol. The maximum atomic E-state index is 9.25. The van der Waals surface area contributed by atoms with Gasteiger partial charge >= 0.3 is 0 Å². The van der Waals surface area contributed by atoms with Crippen LogP contribution in [-0.4, -0.2) is 5.11 Å². The zero-order valence-electron chi connectivity index (χ0n) is 9.93. The predicted octanol–water partition coefficient (Wildman–Crippen LogP) is 3.32. The van der Waals surface area contributed by atoms with Gasteiger partial charge in [-0.25, -0.2) is 0 Å². The fourth-order valence-corrected chi connectivity index (χ4v) is 1.99. The van der Waals surface area contributed by atoms with Gasteiger partial charge < -0.3 is 10.8 Å². The van der Waals surface area contributed by atoms with Crippen LogP contribution in [0.1, 0.15) is 24.0 Å². The summed E-state index contributed by atoms with van der Waals surface area (Å²) in [6, 6.07) is 15.4. The summed E-state index contributed by atoms with van der Waals surface area (Å²) in [5, 5.41) is 9.25. The maximum Gasteiger partial charge on any atom is 0.115 e. The SMILES string of the molecule is CC(Cc1cccc(N)c1)c1ccc(O)cc1. The Morgan fingerprint density at radius 2 is 1.82 bits per heavy atom. The number of nitrogens with two attached hydrogens (primary N) is 1. The number of aromatic hydroxyl groups is 1. The summed E-state index contributed by atoms with van der Waals surface area (Å²) in [7, 11) is 0. The fraction of sp³-hybridized carbons (Fsp3) is 0.200. The first-order chi connectivity index (χ1) is 8.15. The number of phenolic OH excluding ortho intramolecular Hbond substituents is 1. The van der Waals surface area contributed by atoms with Crippen molar-refractivity contribution in [1.82, 2.24) is 0 Å². The summed E-state index contributed by atoms with van der Waals surface area (Å²) in [6.07, 6.45) is 0.954. The van der Waals surface area contributed by atoms with Crippen molar-refractivity contribution < 1.29 is 5.11 Å². The summed E-state index contributed by atoms with van der Waals surface area (Å²) in [4.78, 5) is 0. The molecule has 88 valence electrons. The van der Waals surface area contributed by atoms with Gasteiger partial charge in [-0.05, 0) is 47.7 Å². The van der Waals surface area contributed by atoms with Crippen molar-refractivity contribution in [2.45, 2.75) is 19.3 Å². The van der Waals surface area contributed by atoms with E-state index >= 15 is 0 Å². The topological polar surface area (TPSA) is 46.2 Å². The number of nitrogen functional groups attached to an aromatic ring is 1. The second kappa shape index (κ2) is 4.91. The minimum absolute atomic E-state index is 0.310. The molecule has 0 aliphatic rings. The number of phenols is 1. The zero-order chi connectivity index (χ0) is 12.3. The molecule has 0 heterocycles. The van der Waals surface area contributed by atoms with Crippen molar-refractivity contribution in [3.63, 3.8) is 0 Å². The smallest absolute Gasteiger partial charge is 0.115 e. The largest absolute Gasteiger partial charge is 0.508 e. The van der Waals surface area contributed by atoms with E-state index in [4.69, 9.17) is 5.73 Å². The second-order valence-corrected chi connectivity index (χ2v) is 4.44. The van der Waals surface area contributed by atoms with Crippen LogP contribution in [0.2, 0.25) is 0 Å². The van der Waals surface area contributed by atoms with Crippen LogP contribution in [0.25, 0.3) is 0 Å². The van der Waals surface area contributed by atoms with E-state index in [1.54, 1.807) is 12.1 Å². The van der Waals surface area contributed by atoms with Gasteiger partial charge in [0, 0.05) is 5.69 Å². The number of rotatable bonds is 3. The molecule has 2 aromatic carbocycles. The maximum absolute atomic E-state index is 9.25. The molecule has 0 amide bonds. The first kappa shape index (κ1) is 11.5. The summed E-state index contributed by atoms with van der Waals surface area (Å²) >= 11 is 0. The van der Waals surface area contributed by atoms with E-state index in [1.165, 1.54) is 11.1 Å². The third-order valence-electron chi connectivity index (χ3n) is 2.96. The van der Waals surface area contributed by atoms with Gasteiger partial charge in [-0.1, -0.05) is 31.2 Å². The average molecular weight is 227 g/mol. The highest BCUT2D eigenvalue weighted by Crippen LogP contribution is 2.23. The quantitative estimate of drug-likeness (QED) is 0.790. The molecule has 0 radical (unpaired) electrons. The zero-order valence-corrected chi connectivity index (χ0v) is 9.93. The van der Waals surface area contributed by atoms with Gasteiger partial charge in [0.05, 0.1) is 0 Å². The molecule has 0 saturated carbocycles. The lowest BCUT2D eigenvalue weighted by atomic mass is 9.93. The molecule has 17 heavy (non-hydrogen) atoms. The van der Waals surface area contributed by atoms with Gasteiger partial charge in [-0.15, -0.1) is 0 Å². The standard InChI is InChI=1S/C15H17NO/c1-11(13-5-7-15(17)8-6-13)9-12-3-2-4-14(16)10-12/h2-8,10-11,17H,9,16H2,1H3. The van der Waals surface area contributed by atoms with E-state index in [0.29, 0.717) is 11.7 Å². The Hall–Kier alpha value is -1.96. The van der Waals surface area contributed by atoms with Crippen molar-refractivity contribution in [1.29, 1.82) is 0 Å². The molecule has 0 aliphatic heterocycles. The van der Waals surface area contributed by atoms with Gasteiger partial charge in [0.15, 0.2) is 0 Å². The second-order valence-electron chi connectivity index (χ2n) is 4.44. The van der Waals surface area contributed by atoms with E-state index in [2.05, 4.69) is 13.0 Å². The molecule has 0 bridgehead atoms. The molecule has 0 saturated heterocycles. The van der Waals surface area contributed by atoms with Crippen LogP contribution >= 0.6 is 0 Å². The van der Waals surface area contributed by atoms with E-state index in [9.17, 15) is 5.11 Å². The molecule has 3 N–H and O–H groups in total. The van der Waals surface area contributed by atoms with Gasteiger partial charge in [0.1, 0.15) is 5.75 Å². The molecule has 0 spiro atoms. The Labute approximate surface area is 102 Å². The number of benzene rings is 2. The van der Waals surface area contributed by atoms with Gasteiger partial charge in [-0.2, -0.15) is 0 Å². The lowest BCUT2D eigenvalue weighted by Gasteiger charge is -2.12. The Bertz CT molecular complexity index is 491. The van der Waals surface area contributed by atoms with Crippen LogP contribution in [0.4, 0.5) is 5.69 Å². The molecule has 0 aliphatic carbocycles. The minimum atomic E-state index is 0.310. The van der Waals surface area contributed by atoms with E-state index in [1.807, 2.05) is 30.3 Å². The van der Waals surface area contributed by atoms with Crippen molar-refractivity contribution in [3.05, 3.63) is 59.7 Å². The molecular formula is C15H17NO. The molecule has 1 atom stereocenters. The summed E-state index contributed by atoms with van der Waals surface area (Å²) in [5.41, 5.74) is 9.03. The van der Waals surface area contributed by atoms with Crippen molar-refractivity contribution >= 4 is 5.69 Å². The first-order valence-corrected chi connectivity index (χ1v) is 5.78. The Balaban J connectivity index is 2.11. The Kier molecular flexibility index (Phi) is 3.33. The van der Waals surface area contributed by atoms with E-state index < -0.39 is 0 Å².